The van der Waals surface area contributed by atoms with Gasteiger partial charge >= 0.3 is 0 Å². The fourth-order valence-corrected chi connectivity index (χ4v) is 3.70. The number of hydrogen-bond donors (Lipinski definition) is 1. The van der Waals surface area contributed by atoms with Crippen molar-refractivity contribution in [3.05, 3.63) is 69.0 Å². The van der Waals surface area contributed by atoms with Gasteiger partial charge in [-0.3, -0.25) is 14.9 Å². The second kappa shape index (κ2) is 8.00. The zero-order valence-electron chi connectivity index (χ0n) is 15.5. The van der Waals surface area contributed by atoms with E-state index < -0.39 is 10.8 Å². The second-order valence-electron chi connectivity index (χ2n) is 6.86. The first kappa shape index (κ1) is 19.1. The molecule has 4 rings (SSSR count). The van der Waals surface area contributed by atoms with Crippen molar-refractivity contribution in [1.29, 1.82) is 0 Å². The molecule has 29 heavy (non-hydrogen) atoms. The second-order valence-corrected chi connectivity index (χ2v) is 7.27. The van der Waals surface area contributed by atoms with Gasteiger partial charge in [-0.1, -0.05) is 30.2 Å². The lowest BCUT2D eigenvalue weighted by Crippen LogP contribution is -2.12. The van der Waals surface area contributed by atoms with Crippen LogP contribution in [0.5, 0.6) is 0 Å². The Bertz CT molecular complexity index is 1100. The molecule has 0 radical (unpaired) electrons. The van der Waals surface area contributed by atoms with Crippen LogP contribution >= 0.6 is 11.6 Å². The Kier molecular flexibility index (Phi) is 5.26. The molecule has 0 atom stereocenters. The first-order chi connectivity index (χ1) is 14.0. The van der Waals surface area contributed by atoms with Crippen LogP contribution in [0.2, 0.25) is 5.02 Å². The minimum absolute atomic E-state index is 0.0237. The van der Waals surface area contributed by atoms with E-state index >= 15 is 0 Å². The third-order valence-electron chi connectivity index (χ3n) is 4.90. The van der Waals surface area contributed by atoms with E-state index in [9.17, 15) is 14.9 Å². The molecular weight excluding hydrogens is 394 g/mol. The molecule has 0 saturated carbocycles. The first-order valence-electron chi connectivity index (χ1n) is 9.31. The van der Waals surface area contributed by atoms with Crippen molar-refractivity contribution >= 4 is 28.9 Å². The number of aryl methyl sites for hydroxylation is 1. The Morgan fingerprint density at radius 2 is 2.00 bits per heavy atom. The maximum atomic E-state index is 12.6. The number of anilines is 1. The molecule has 148 valence electrons. The molecule has 0 spiro atoms. The molecule has 2 aromatic carbocycles. The molecule has 9 heteroatoms. The van der Waals surface area contributed by atoms with Crippen molar-refractivity contribution in [2.24, 2.45) is 0 Å². The van der Waals surface area contributed by atoms with E-state index in [2.05, 4.69) is 20.1 Å². The van der Waals surface area contributed by atoms with Gasteiger partial charge in [0.15, 0.2) is 5.82 Å². The smallest absolute Gasteiger partial charge is 0.270 e. The minimum Gasteiger partial charge on any atom is -0.322 e. The van der Waals surface area contributed by atoms with Crippen LogP contribution < -0.4 is 5.32 Å². The summed E-state index contributed by atoms with van der Waals surface area (Å²) in [6.07, 6.45) is 4.30. The highest BCUT2D eigenvalue weighted by molar-refractivity contribution is 6.34. The number of carbonyl (C=O) groups excluding carboxylic acids is 1. The van der Waals surface area contributed by atoms with Gasteiger partial charge in [0.1, 0.15) is 5.82 Å². The van der Waals surface area contributed by atoms with E-state index in [-0.39, 0.29) is 16.3 Å². The van der Waals surface area contributed by atoms with Gasteiger partial charge in [0.2, 0.25) is 0 Å². The van der Waals surface area contributed by atoms with Crippen LogP contribution in [0.15, 0.2) is 42.5 Å². The van der Waals surface area contributed by atoms with Crippen LogP contribution in [-0.2, 0) is 13.0 Å². The summed E-state index contributed by atoms with van der Waals surface area (Å²) in [6, 6.07) is 11.1. The van der Waals surface area contributed by atoms with E-state index in [0.29, 0.717) is 5.69 Å². The topological polar surface area (TPSA) is 103 Å². The Balaban J connectivity index is 1.58. The van der Waals surface area contributed by atoms with E-state index in [1.807, 2.05) is 18.2 Å². The maximum Gasteiger partial charge on any atom is 0.270 e. The highest BCUT2D eigenvalue weighted by Crippen LogP contribution is 2.26. The zero-order valence-corrected chi connectivity index (χ0v) is 16.2. The minimum atomic E-state index is -0.557. The van der Waals surface area contributed by atoms with Gasteiger partial charge in [-0.15, -0.1) is 10.2 Å². The van der Waals surface area contributed by atoms with Crippen LogP contribution in [0, 0.1) is 10.1 Å². The fraction of sp³-hybridized carbons (Fsp3) is 0.250. The molecule has 2 heterocycles. The number of aromatic nitrogens is 3. The number of halogens is 1. The summed E-state index contributed by atoms with van der Waals surface area (Å²) in [5.74, 6) is 1.33. The van der Waals surface area contributed by atoms with Crippen molar-refractivity contribution in [3.8, 4) is 11.4 Å². The molecule has 1 N–H and O–H groups in total. The number of nitro benzene ring substituents is 1. The predicted molar refractivity (Wildman–Crippen MR) is 109 cm³/mol. The first-order valence-corrected chi connectivity index (χ1v) is 9.68. The molecule has 1 aromatic heterocycles. The molecule has 0 fully saturated rings. The summed E-state index contributed by atoms with van der Waals surface area (Å²) in [7, 11) is 0. The number of nitro groups is 1. The molecule has 3 aromatic rings. The van der Waals surface area contributed by atoms with Crippen molar-refractivity contribution < 1.29 is 9.72 Å². The van der Waals surface area contributed by atoms with Crippen LogP contribution in [0.3, 0.4) is 0 Å². The number of rotatable bonds is 4. The fourth-order valence-electron chi connectivity index (χ4n) is 3.43. The Morgan fingerprint density at radius 1 is 1.14 bits per heavy atom. The van der Waals surface area contributed by atoms with Crippen molar-refractivity contribution in [3.63, 3.8) is 0 Å². The van der Waals surface area contributed by atoms with E-state index in [1.54, 1.807) is 6.07 Å². The highest BCUT2D eigenvalue weighted by Gasteiger charge is 2.18. The quantitative estimate of drug-likeness (QED) is 0.503. The van der Waals surface area contributed by atoms with Crippen molar-refractivity contribution in [1.82, 2.24) is 14.8 Å². The number of fused-ring (bicyclic) bond motifs is 1. The number of carbonyl (C=O) groups is 1. The van der Waals surface area contributed by atoms with E-state index in [4.69, 9.17) is 11.6 Å². The van der Waals surface area contributed by atoms with E-state index in [0.717, 1.165) is 43.0 Å². The number of nitrogens with one attached hydrogen (secondary N) is 1. The van der Waals surface area contributed by atoms with Gasteiger partial charge in [0.25, 0.3) is 11.6 Å². The summed E-state index contributed by atoms with van der Waals surface area (Å²) in [5, 5.41) is 22.3. The zero-order chi connectivity index (χ0) is 20.4. The largest absolute Gasteiger partial charge is 0.322 e. The third kappa shape index (κ3) is 3.97. The Morgan fingerprint density at radius 3 is 2.79 bits per heavy atom. The molecule has 0 unspecified atom stereocenters. The molecule has 1 aliphatic heterocycles. The lowest BCUT2D eigenvalue weighted by molar-refractivity contribution is -0.384. The number of nitrogens with zero attached hydrogens (tertiary/aromatic N) is 4. The van der Waals surface area contributed by atoms with Gasteiger partial charge in [0.05, 0.1) is 15.5 Å². The standard InChI is InChI=1S/C20H18ClN5O3/c21-17-12-15(26(28)29)8-9-16(17)20(27)22-14-6-4-5-13(11-14)19-24-23-18-7-2-1-3-10-25(18)19/h4-6,8-9,11-12H,1-3,7,10H2,(H,22,27). The van der Waals surface area contributed by atoms with Gasteiger partial charge in [-0.2, -0.15) is 0 Å². The molecule has 8 nitrogen and oxygen atoms in total. The lowest BCUT2D eigenvalue weighted by atomic mass is 10.1. The summed E-state index contributed by atoms with van der Waals surface area (Å²) < 4.78 is 2.14. The Hall–Kier alpha value is -3.26. The highest BCUT2D eigenvalue weighted by atomic mass is 35.5. The predicted octanol–water partition coefficient (Wildman–Crippen LogP) is 4.49. The normalized spacial score (nSPS) is 13.4. The van der Waals surface area contributed by atoms with Crippen molar-refractivity contribution in [2.45, 2.75) is 32.2 Å². The molecule has 1 aliphatic rings. The van der Waals surface area contributed by atoms with Gasteiger partial charge in [0, 0.05) is 36.3 Å². The molecule has 0 saturated heterocycles. The Labute approximate surface area is 171 Å². The molecule has 0 bridgehead atoms. The summed E-state index contributed by atoms with van der Waals surface area (Å²) >= 11 is 6.06. The number of non-ortho nitro benzene ring substituents is 1. The monoisotopic (exact) mass is 411 g/mol. The van der Waals surface area contributed by atoms with Gasteiger partial charge < -0.3 is 9.88 Å². The molecule has 1 amide bonds. The summed E-state index contributed by atoms with van der Waals surface area (Å²) in [6.45, 7) is 0.882. The number of amides is 1. The lowest BCUT2D eigenvalue weighted by Gasteiger charge is -2.10. The maximum absolute atomic E-state index is 12.6. The van der Waals surface area contributed by atoms with Crippen LogP contribution in [0.1, 0.15) is 35.4 Å². The van der Waals surface area contributed by atoms with Crippen LogP contribution in [0.25, 0.3) is 11.4 Å². The van der Waals surface area contributed by atoms with E-state index in [1.165, 1.54) is 24.6 Å². The average molecular weight is 412 g/mol. The number of benzene rings is 2. The average Bonchev–Trinajstić information content (AvgIpc) is 2.96. The van der Waals surface area contributed by atoms with Gasteiger partial charge in [-0.25, -0.2) is 0 Å². The number of hydrogen-bond acceptors (Lipinski definition) is 5. The molecular formula is C20H18ClN5O3. The van der Waals surface area contributed by atoms with Crippen LogP contribution in [0.4, 0.5) is 11.4 Å². The van der Waals surface area contributed by atoms with Crippen molar-refractivity contribution in [2.75, 3.05) is 5.32 Å². The SMILES string of the molecule is O=C(Nc1cccc(-c2nnc3n2CCCCC3)c1)c1ccc([N+](=O)[O-])cc1Cl. The van der Waals surface area contributed by atoms with Gasteiger partial charge in [-0.05, 0) is 31.0 Å². The molecule has 0 aliphatic carbocycles. The third-order valence-corrected chi connectivity index (χ3v) is 5.21. The van der Waals surface area contributed by atoms with Crippen LogP contribution in [-0.4, -0.2) is 25.6 Å². The summed E-state index contributed by atoms with van der Waals surface area (Å²) in [5.41, 5.74) is 1.44. The summed E-state index contributed by atoms with van der Waals surface area (Å²) in [4.78, 5) is 22.9.